The zero-order valence-electron chi connectivity index (χ0n) is 13.9. The van der Waals surface area contributed by atoms with Gasteiger partial charge in [-0.1, -0.05) is 42.5 Å². The van der Waals surface area contributed by atoms with Crippen LogP contribution in [-0.2, 0) is 16.0 Å². The van der Waals surface area contributed by atoms with Gasteiger partial charge in [-0.2, -0.15) is 0 Å². The molecule has 2 unspecified atom stereocenters. The number of aryl methyl sites for hydroxylation is 2. The first kappa shape index (κ1) is 16.2. The Morgan fingerprint density at radius 1 is 1.12 bits per heavy atom. The molecule has 0 bridgehead atoms. The number of carboxylic acids is 1. The Bertz CT molecular complexity index is 797. The van der Waals surface area contributed by atoms with Gasteiger partial charge in [-0.05, 0) is 54.5 Å². The zero-order valence-corrected chi connectivity index (χ0v) is 13.9. The number of carboxylic acid groups (broad SMARTS) is 1. The molecule has 2 N–H and O–H groups in total. The smallest absolute Gasteiger partial charge is 0.330 e. The molecule has 3 rings (SSSR count). The lowest BCUT2D eigenvalue weighted by Gasteiger charge is -2.20. The number of hydrogen-bond donors (Lipinski definition) is 2. The molecule has 124 valence electrons. The van der Waals surface area contributed by atoms with Crippen molar-refractivity contribution in [1.29, 1.82) is 0 Å². The van der Waals surface area contributed by atoms with Gasteiger partial charge in [0.05, 0.1) is 5.92 Å². The molecule has 2 aromatic carbocycles. The number of amides is 1. The van der Waals surface area contributed by atoms with Crippen molar-refractivity contribution in [3.8, 4) is 0 Å². The maximum atomic E-state index is 12.7. The first-order chi connectivity index (χ1) is 11.5. The first-order valence-corrected chi connectivity index (χ1v) is 8.16. The van der Waals surface area contributed by atoms with Gasteiger partial charge in [0, 0.05) is 0 Å². The number of hydrogen-bond acceptors (Lipinski definition) is 2. The molecule has 0 fully saturated rings. The van der Waals surface area contributed by atoms with Crippen LogP contribution in [0.1, 0.15) is 46.2 Å². The fraction of sp³-hybridized carbons (Fsp3) is 0.300. The Morgan fingerprint density at radius 2 is 1.88 bits per heavy atom. The number of carbonyl (C=O) groups excluding carboxylic acids is 1. The lowest BCUT2D eigenvalue weighted by atomic mass is 9.95. The van der Waals surface area contributed by atoms with E-state index in [0.717, 1.165) is 29.5 Å². The molecule has 0 heterocycles. The second-order valence-corrected chi connectivity index (χ2v) is 6.36. The fourth-order valence-corrected chi connectivity index (χ4v) is 3.43. The maximum absolute atomic E-state index is 12.7. The van der Waals surface area contributed by atoms with E-state index in [-0.39, 0.29) is 11.8 Å². The summed E-state index contributed by atoms with van der Waals surface area (Å²) in [7, 11) is 0. The Hall–Kier alpha value is -2.62. The van der Waals surface area contributed by atoms with Gasteiger partial charge in [-0.3, -0.25) is 4.79 Å². The summed E-state index contributed by atoms with van der Waals surface area (Å²) in [6, 6.07) is 12.4. The predicted molar refractivity (Wildman–Crippen MR) is 91.9 cm³/mol. The van der Waals surface area contributed by atoms with Crippen molar-refractivity contribution in [1.82, 2.24) is 5.32 Å². The summed E-state index contributed by atoms with van der Waals surface area (Å²) < 4.78 is 0. The van der Waals surface area contributed by atoms with E-state index in [9.17, 15) is 14.7 Å². The predicted octanol–water partition coefficient (Wildman–Crippen LogP) is 3.28. The van der Waals surface area contributed by atoms with Gasteiger partial charge in [0.2, 0.25) is 5.91 Å². The van der Waals surface area contributed by atoms with Crippen molar-refractivity contribution < 1.29 is 14.7 Å². The number of fused-ring (bicyclic) bond motifs is 1. The van der Waals surface area contributed by atoms with Gasteiger partial charge in [-0.15, -0.1) is 0 Å². The van der Waals surface area contributed by atoms with Crippen molar-refractivity contribution in [3.05, 3.63) is 70.3 Å². The van der Waals surface area contributed by atoms with Crippen molar-refractivity contribution >= 4 is 11.9 Å². The SMILES string of the molecule is Cc1cccc(C(NC(=O)C2CCc3ccccc32)C(=O)O)c1C. The average Bonchev–Trinajstić information content (AvgIpc) is 2.99. The van der Waals surface area contributed by atoms with Gasteiger partial charge < -0.3 is 10.4 Å². The van der Waals surface area contributed by atoms with E-state index in [1.807, 2.05) is 50.2 Å². The normalized spacial score (nSPS) is 17.2. The standard InChI is InChI=1S/C20H21NO3/c1-12-6-5-9-15(13(12)2)18(20(23)24)21-19(22)17-11-10-14-7-3-4-8-16(14)17/h3-9,17-18H,10-11H2,1-2H3,(H,21,22)(H,23,24). The lowest BCUT2D eigenvalue weighted by Crippen LogP contribution is -2.37. The van der Waals surface area contributed by atoms with E-state index in [1.54, 1.807) is 6.07 Å². The van der Waals surface area contributed by atoms with Gasteiger partial charge in [0.25, 0.3) is 0 Å². The van der Waals surface area contributed by atoms with Gasteiger partial charge in [-0.25, -0.2) is 4.79 Å². The summed E-state index contributed by atoms with van der Waals surface area (Å²) in [4.78, 5) is 24.5. The summed E-state index contributed by atoms with van der Waals surface area (Å²) in [5, 5.41) is 12.4. The van der Waals surface area contributed by atoms with Gasteiger partial charge in [0.1, 0.15) is 0 Å². The molecule has 0 saturated carbocycles. The van der Waals surface area contributed by atoms with E-state index in [2.05, 4.69) is 5.32 Å². The molecule has 0 radical (unpaired) electrons. The molecule has 0 spiro atoms. The Morgan fingerprint density at radius 3 is 2.62 bits per heavy atom. The monoisotopic (exact) mass is 323 g/mol. The minimum absolute atomic E-state index is 0.215. The number of benzene rings is 2. The fourth-order valence-electron chi connectivity index (χ4n) is 3.43. The van der Waals surface area contributed by atoms with E-state index >= 15 is 0 Å². The molecular formula is C20H21NO3. The van der Waals surface area contributed by atoms with Crippen LogP contribution in [0.25, 0.3) is 0 Å². The van der Waals surface area contributed by atoms with Crippen LogP contribution in [0.2, 0.25) is 0 Å². The van der Waals surface area contributed by atoms with Crippen LogP contribution in [0.15, 0.2) is 42.5 Å². The number of nitrogens with one attached hydrogen (secondary N) is 1. The van der Waals surface area contributed by atoms with E-state index < -0.39 is 12.0 Å². The number of rotatable bonds is 4. The van der Waals surface area contributed by atoms with Crippen molar-refractivity contribution in [2.45, 2.75) is 38.6 Å². The molecule has 1 amide bonds. The summed E-state index contributed by atoms with van der Waals surface area (Å²) in [5.74, 6) is -1.52. The third kappa shape index (κ3) is 2.92. The third-order valence-corrected chi connectivity index (χ3v) is 4.94. The Labute approximate surface area is 141 Å². The topological polar surface area (TPSA) is 66.4 Å². The quantitative estimate of drug-likeness (QED) is 0.907. The van der Waals surface area contributed by atoms with Crippen LogP contribution in [0.5, 0.6) is 0 Å². The molecule has 1 aliphatic carbocycles. The van der Waals surface area contributed by atoms with Crippen LogP contribution >= 0.6 is 0 Å². The van der Waals surface area contributed by atoms with Crippen LogP contribution in [0, 0.1) is 13.8 Å². The molecule has 0 aliphatic heterocycles. The van der Waals surface area contributed by atoms with Gasteiger partial charge in [0.15, 0.2) is 6.04 Å². The van der Waals surface area contributed by atoms with E-state index in [1.165, 1.54) is 5.56 Å². The lowest BCUT2D eigenvalue weighted by molar-refractivity contribution is -0.142. The van der Waals surface area contributed by atoms with Crippen molar-refractivity contribution in [2.75, 3.05) is 0 Å². The van der Waals surface area contributed by atoms with Crippen LogP contribution in [-0.4, -0.2) is 17.0 Å². The summed E-state index contributed by atoms with van der Waals surface area (Å²) >= 11 is 0. The van der Waals surface area contributed by atoms with E-state index in [0.29, 0.717) is 5.56 Å². The Balaban J connectivity index is 1.86. The van der Waals surface area contributed by atoms with Gasteiger partial charge >= 0.3 is 5.97 Å². The highest BCUT2D eigenvalue weighted by Crippen LogP contribution is 2.33. The molecule has 0 aromatic heterocycles. The molecule has 1 aliphatic rings. The largest absolute Gasteiger partial charge is 0.479 e. The van der Waals surface area contributed by atoms with Crippen molar-refractivity contribution in [3.63, 3.8) is 0 Å². The second kappa shape index (κ2) is 6.48. The highest BCUT2D eigenvalue weighted by molar-refractivity contribution is 5.89. The molecule has 24 heavy (non-hydrogen) atoms. The molecule has 4 heteroatoms. The summed E-state index contributed by atoms with van der Waals surface area (Å²) in [5.41, 5.74) is 4.75. The zero-order chi connectivity index (χ0) is 17.3. The molecule has 0 saturated heterocycles. The highest BCUT2D eigenvalue weighted by Gasteiger charge is 2.32. The van der Waals surface area contributed by atoms with Crippen LogP contribution in [0.3, 0.4) is 0 Å². The molecule has 4 nitrogen and oxygen atoms in total. The Kier molecular flexibility index (Phi) is 4.38. The average molecular weight is 323 g/mol. The first-order valence-electron chi connectivity index (χ1n) is 8.16. The minimum Gasteiger partial charge on any atom is -0.479 e. The summed E-state index contributed by atoms with van der Waals surface area (Å²) in [6.45, 7) is 3.82. The van der Waals surface area contributed by atoms with E-state index in [4.69, 9.17) is 0 Å². The number of carbonyl (C=O) groups is 2. The van der Waals surface area contributed by atoms with Crippen LogP contribution < -0.4 is 5.32 Å². The van der Waals surface area contributed by atoms with Crippen LogP contribution in [0.4, 0.5) is 0 Å². The molecule has 2 atom stereocenters. The summed E-state index contributed by atoms with van der Waals surface area (Å²) in [6.07, 6.45) is 1.58. The van der Waals surface area contributed by atoms with Crippen molar-refractivity contribution in [2.24, 2.45) is 0 Å². The maximum Gasteiger partial charge on any atom is 0.330 e. The minimum atomic E-state index is -1.04. The molecule has 2 aromatic rings. The highest BCUT2D eigenvalue weighted by atomic mass is 16.4. The third-order valence-electron chi connectivity index (χ3n) is 4.94. The number of aliphatic carboxylic acids is 1. The second-order valence-electron chi connectivity index (χ2n) is 6.36. The molecular weight excluding hydrogens is 302 g/mol.